The summed E-state index contributed by atoms with van der Waals surface area (Å²) in [6.45, 7) is 2.20. The largest absolute Gasteiger partial charge is 0.462 e. The number of pyridine rings is 3. The molecule has 0 unspecified atom stereocenters. The molecule has 1 aliphatic heterocycles. The van der Waals surface area contributed by atoms with Crippen LogP contribution in [0, 0.1) is 0 Å². The summed E-state index contributed by atoms with van der Waals surface area (Å²) in [5.74, 6) is 1.06. The van der Waals surface area contributed by atoms with Gasteiger partial charge in [0, 0.05) is 54.6 Å². The van der Waals surface area contributed by atoms with Crippen LogP contribution in [0.5, 0.6) is 0 Å². The molecular weight excluding hydrogens is 336 g/mol. The molecule has 1 aliphatic rings. The average Bonchev–Trinajstić information content (AvgIpc) is 3.18. The molecule has 5 heterocycles. The first-order chi connectivity index (χ1) is 13.4. The number of furan rings is 1. The zero-order valence-electron chi connectivity index (χ0n) is 15.0. The summed E-state index contributed by atoms with van der Waals surface area (Å²) in [7, 11) is 0. The fourth-order valence-corrected chi connectivity index (χ4v) is 3.68. The number of nitrogens with zero attached hydrogens (tertiary/aromatic N) is 4. The van der Waals surface area contributed by atoms with E-state index in [0.29, 0.717) is 0 Å². The highest BCUT2D eigenvalue weighted by Gasteiger charge is 2.13. The summed E-state index contributed by atoms with van der Waals surface area (Å²) in [4.78, 5) is 15.8. The molecule has 0 bridgehead atoms. The Labute approximate surface area is 157 Å². The molecular formula is C22H20N4O. The predicted molar refractivity (Wildman–Crippen MR) is 107 cm³/mol. The topological polar surface area (TPSA) is 55.1 Å². The normalized spacial score (nSPS) is 14.6. The predicted octanol–water partition coefficient (Wildman–Crippen LogP) is 4.94. The number of hydrogen-bond acceptors (Lipinski definition) is 5. The lowest BCUT2D eigenvalue weighted by molar-refractivity contribution is 0.573. The van der Waals surface area contributed by atoms with Crippen molar-refractivity contribution >= 4 is 16.9 Å². The van der Waals surface area contributed by atoms with Crippen molar-refractivity contribution in [3.05, 3.63) is 61.4 Å². The summed E-state index contributed by atoms with van der Waals surface area (Å²) in [6.07, 6.45) is 13.0. The third-order valence-corrected chi connectivity index (χ3v) is 5.16. The zero-order valence-corrected chi connectivity index (χ0v) is 15.0. The van der Waals surface area contributed by atoms with Crippen LogP contribution in [-0.4, -0.2) is 28.0 Å². The van der Waals surface area contributed by atoms with Crippen molar-refractivity contribution in [2.24, 2.45) is 0 Å². The first-order valence-electron chi connectivity index (χ1n) is 9.37. The molecule has 1 saturated heterocycles. The van der Waals surface area contributed by atoms with E-state index in [9.17, 15) is 0 Å². The van der Waals surface area contributed by atoms with Crippen molar-refractivity contribution in [2.75, 3.05) is 18.0 Å². The van der Waals surface area contributed by atoms with Crippen LogP contribution in [0.1, 0.15) is 19.3 Å². The summed E-state index contributed by atoms with van der Waals surface area (Å²) < 4.78 is 5.77. The van der Waals surface area contributed by atoms with E-state index in [1.54, 1.807) is 18.7 Å². The molecule has 4 aromatic rings. The van der Waals surface area contributed by atoms with Gasteiger partial charge in [0.15, 0.2) is 5.58 Å². The second-order valence-corrected chi connectivity index (χ2v) is 6.91. The van der Waals surface area contributed by atoms with Crippen molar-refractivity contribution < 1.29 is 4.42 Å². The lowest BCUT2D eigenvalue weighted by atomic mass is 10.1. The van der Waals surface area contributed by atoms with Gasteiger partial charge in [-0.1, -0.05) is 0 Å². The summed E-state index contributed by atoms with van der Waals surface area (Å²) in [5, 5.41) is 0. The zero-order chi connectivity index (χ0) is 18.1. The number of anilines is 1. The molecule has 5 nitrogen and oxygen atoms in total. The number of rotatable bonds is 3. The van der Waals surface area contributed by atoms with Gasteiger partial charge in [-0.2, -0.15) is 0 Å². The van der Waals surface area contributed by atoms with Crippen molar-refractivity contribution in [2.45, 2.75) is 19.3 Å². The van der Waals surface area contributed by atoms with Crippen molar-refractivity contribution in [3.63, 3.8) is 0 Å². The molecule has 4 aromatic heterocycles. The SMILES string of the molecule is c1cc(-c2coc3cc(-c4ccc(N5CCCCC5)nc4)cnc23)ccn1. The van der Waals surface area contributed by atoms with Gasteiger partial charge in [-0.15, -0.1) is 0 Å². The fraction of sp³-hybridized carbons (Fsp3) is 0.227. The molecule has 0 aromatic carbocycles. The van der Waals surface area contributed by atoms with Gasteiger partial charge in [-0.05, 0) is 55.2 Å². The Bertz CT molecular complexity index is 1050. The minimum absolute atomic E-state index is 0.777. The molecule has 5 heteroatoms. The first kappa shape index (κ1) is 16.0. The highest BCUT2D eigenvalue weighted by atomic mass is 16.3. The van der Waals surface area contributed by atoms with E-state index in [1.807, 2.05) is 30.6 Å². The van der Waals surface area contributed by atoms with E-state index in [-0.39, 0.29) is 0 Å². The van der Waals surface area contributed by atoms with E-state index >= 15 is 0 Å². The second-order valence-electron chi connectivity index (χ2n) is 6.91. The maximum absolute atomic E-state index is 5.77. The highest BCUT2D eigenvalue weighted by Crippen LogP contribution is 2.31. The van der Waals surface area contributed by atoms with Gasteiger partial charge in [0.25, 0.3) is 0 Å². The lowest BCUT2D eigenvalue weighted by Gasteiger charge is -2.27. The van der Waals surface area contributed by atoms with Crippen LogP contribution in [0.4, 0.5) is 5.82 Å². The molecule has 0 amide bonds. The third-order valence-electron chi connectivity index (χ3n) is 5.16. The molecule has 0 radical (unpaired) electrons. The van der Waals surface area contributed by atoms with E-state index in [0.717, 1.165) is 52.3 Å². The van der Waals surface area contributed by atoms with Crippen LogP contribution in [0.3, 0.4) is 0 Å². The second kappa shape index (κ2) is 6.83. The number of aromatic nitrogens is 3. The molecule has 0 N–H and O–H groups in total. The average molecular weight is 356 g/mol. The van der Waals surface area contributed by atoms with E-state index in [2.05, 4.69) is 32.0 Å². The maximum Gasteiger partial charge on any atom is 0.153 e. The molecule has 0 saturated carbocycles. The third kappa shape index (κ3) is 3.05. The van der Waals surface area contributed by atoms with E-state index in [1.165, 1.54) is 19.3 Å². The van der Waals surface area contributed by atoms with Crippen LogP contribution in [0.15, 0.2) is 65.8 Å². The molecule has 1 fully saturated rings. The van der Waals surface area contributed by atoms with E-state index < -0.39 is 0 Å². The Morgan fingerprint density at radius 2 is 1.63 bits per heavy atom. The molecule has 134 valence electrons. The first-order valence-corrected chi connectivity index (χ1v) is 9.37. The number of hydrogen-bond donors (Lipinski definition) is 0. The number of piperidine rings is 1. The van der Waals surface area contributed by atoms with Crippen LogP contribution in [-0.2, 0) is 0 Å². The minimum Gasteiger partial charge on any atom is -0.462 e. The Hall–Kier alpha value is -3.21. The molecule has 0 aliphatic carbocycles. The van der Waals surface area contributed by atoms with Crippen LogP contribution >= 0.6 is 0 Å². The Kier molecular flexibility index (Phi) is 4.05. The Balaban J connectivity index is 1.45. The monoisotopic (exact) mass is 356 g/mol. The standard InChI is InChI=1S/C22H20N4O/c1-2-10-26(11-3-1)21-5-4-17(13-24-21)18-12-20-22(25-14-18)19(15-27-20)16-6-8-23-9-7-16/h4-9,12-15H,1-3,10-11H2. The van der Waals surface area contributed by atoms with Gasteiger partial charge in [-0.25, -0.2) is 4.98 Å². The van der Waals surface area contributed by atoms with E-state index in [4.69, 9.17) is 4.42 Å². The summed E-state index contributed by atoms with van der Waals surface area (Å²) in [5.41, 5.74) is 5.74. The molecule has 0 spiro atoms. The summed E-state index contributed by atoms with van der Waals surface area (Å²) in [6, 6.07) is 10.2. The van der Waals surface area contributed by atoms with Gasteiger partial charge in [-0.3, -0.25) is 9.97 Å². The number of fused-ring (bicyclic) bond motifs is 1. The van der Waals surface area contributed by atoms with Gasteiger partial charge in [0.05, 0.1) is 0 Å². The van der Waals surface area contributed by atoms with Gasteiger partial charge in [0.1, 0.15) is 17.6 Å². The van der Waals surface area contributed by atoms with Gasteiger partial charge in [0.2, 0.25) is 0 Å². The van der Waals surface area contributed by atoms with Crippen molar-refractivity contribution in [1.82, 2.24) is 15.0 Å². The molecule has 0 atom stereocenters. The molecule has 27 heavy (non-hydrogen) atoms. The molecule has 5 rings (SSSR count). The maximum atomic E-state index is 5.77. The summed E-state index contributed by atoms with van der Waals surface area (Å²) >= 11 is 0. The smallest absolute Gasteiger partial charge is 0.153 e. The van der Waals surface area contributed by atoms with Gasteiger partial charge >= 0.3 is 0 Å². The van der Waals surface area contributed by atoms with Crippen LogP contribution in [0.25, 0.3) is 33.4 Å². The Morgan fingerprint density at radius 1 is 0.815 bits per heavy atom. The minimum atomic E-state index is 0.777. The van der Waals surface area contributed by atoms with Crippen LogP contribution < -0.4 is 4.90 Å². The van der Waals surface area contributed by atoms with Crippen molar-refractivity contribution in [1.29, 1.82) is 0 Å². The lowest BCUT2D eigenvalue weighted by Crippen LogP contribution is -2.29. The quantitative estimate of drug-likeness (QED) is 0.520. The van der Waals surface area contributed by atoms with Crippen molar-refractivity contribution in [3.8, 4) is 22.3 Å². The van der Waals surface area contributed by atoms with Crippen LogP contribution in [0.2, 0.25) is 0 Å². The van der Waals surface area contributed by atoms with Gasteiger partial charge < -0.3 is 9.32 Å². The highest BCUT2D eigenvalue weighted by molar-refractivity contribution is 5.92. The Morgan fingerprint density at radius 3 is 2.41 bits per heavy atom. The fourth-order valence-electron chi connectivity index (χ4n) is 3.68.